The van der Waals surface area contributed by atoms with Gasteiger partial charge in [0.15, 0.2) is 0 Å². The fraction of sp³-hybridized carbons (Fsp3) is 1.00. The normalized spacial score (nSPS) is 24.6. The molecule has 0 aromatic heterocycles. The monoisotopic (exact) mass is 282 g/mol. The fourth-order valence-corrected chi connectivity index (χ4v) is 3.60. The van der Waals surface area contributed by atoms with Gasteiger partial charge in [-0.05, 0) is 44.6 Å². The van der Waals surface area contributed by atoms with Crippen molar-refractivity contribution in [3.8, 4) is 0 Å². The highest BCUT2D eigenvalue weighted by Gasteiger charge is 2.25. The molecule has 0 aromatic carbocycles. The summed E-state index contributed by atoms with van der Waals surface area (Å²) in [6.07, 6.45) is 7.30. The van der Waals surface area contributed by atoms with Crippen LogP contribution in [0.1, 0.15) is 52.9 Å². The standard InChI is InChI=1S/C17H34N2O/c1-4-9-18-10-5-16(6-11-18)20-17-7-12-19(13-8-17)14-15(2)3/h15-17H,4-14H2,1-3H3. The second-order valence-electron chi connectivity index (χ2n) is 7.07. The summed E-state index contributed by atoms with van der Waals surface area (Å²) < 4.78 is 6.36. The van der Waals surface area contributed by atoms with Gasteiger partial charge in [-0.3, -0.25) is 0 Å². The Morgan fingerprint density at radius 3 is 1.85 bits per heavy atom. The van der Waals surface area contributed by atoms with Gasteiger partial charge in [0.2, 0.25) is 0 Å². The molecule has 2 fully saturated rings. The Balaban J connectivity index is 1.61. The molecule has 0 N–H and O–H groups in total. The van der Waals surface area contributed by atoms with Crippen LogP contribution in [0.25, 0.3) is 0 Å². The number of likely N-dealkylation sites (tertiary alicyclic amines) is 2. The zero-order valence-electron chi connectivity index (χ0n) is 13.8. The van der Waals surface area contributed by atoms with Crippen LogP contribution in [0, 0.1) is 5.92 Å². The third kappa shape index (κ3) is 5.34. The van der Waals surface area contributed by atoms with Crippen molar-refractivity contribution in [1.82, 2.24) is 9.80 Å². The average molecular weight is 282 g/mol. The molecule has 0 saturated carbocycles. The second-order valence-corrected chi connectivity index (χ2v) is 7.07. The van der Waals surface area contributed by atoms with E-state index < -0.39 is 0 Å². The molecule has 0 aliphatic carbocycles. The van der Waals surface area contributed by atoms with E-state index >= 15 is 0 Å². The lowest BCUT2D eigenvalue weighted by Crippen LogP contribution is -2.42. The Bertz CT molecular complexity index is 254. The van der Waals surface area contributed by atoms with E-state index in [-0.39, 0.29) is 0 Å². The van der Waals surface area contributed by atoms with Crippen molar-refractivity contribution in [2.45, 2.75) is 65.1 Å². The summed E-state index contributed by atoms with van der Waals surface area (Å²) in [5, 5.41) is 0. The van der Waals surface area contributed by atoms with Crippen LogP contribution in [0.5, 0.6) is 0 Å². The fourth-order valence-electron chi connectivity index (χ4n) is 3.60. The summed E-state index contributed by atoms with van der Waals surface area (Å²) in [6, 6.07) is 0. The van der Waals surface area contributed by atoms with Gasteiger partial charge < -0.3 is 14.5 Å². The highest BCUT2D eigenvalue weighted by atomic mass is 16.5. The van der Waals surface area contributed by atoms with E-state index in [0.717, 1.165) is 5.92 Å². The first-order valence-electron chi connectivity index (χ1n) is 8.77. The number of nitrogens with zero attached hydrogens (tertiary/aromatic N) is 2. The number of hydrogen-bond acceptors (Lipinski definition) is 3. The van der Waals surface area contributed by atoms with Crippen molar-refractivity contribution < 1.29 is 4.74 Å². The molecule has 2 aliphatic rings. The smallest absolute Gasteiger partial charge is 0.0603 e. The maximum absolute atomic E-state index is 6.36. The zero-order valence-corrected chi connectivity index (χ0v) is 13.8. The van der Waals surface area contributed by atoms with Gasteiger partial charge in [-0.15, -0.1) is 0 Å². The molecule has 2 heterocycles. The molecule has 20 heavy (non-hydrogen) atoms. The average Bonchev–Trinajstić information content (AvgIpc) is 2.43. The molecule has 0 aromatic rings. The maximum atomic E-state index is 6.36. The first-order chi connectivity index (χ1) is 9.67. The van der Waals surface area contributed by atoms with Crippen LogP contribution in [0.4, 0.5) is 0 Å². The van der Waals surface area contributed by atoms with Crippen molar-refractivity contribution >= 4 is 0 Å². The van der Waals surface area contributed by atoms with E-state index in [0.29, 0.717) is 12.2 Å². The van der Waals surface area contributed by atoms with Gasteiger partial charge in [0.1, 0.15) is 0 Å². The van der Waals surface area contributed by atoms with Crippen LogP contribution in [0.3, 0.4) is 0 Å². The molecule has 2 rings (SSSR count). The van der Waals surface area contributed by atoms with Crippen molar-refractivity contribution in [2.24, 2.45) is 5.92 Å². The van der Waals surface area contributed by atoms with Crippen molar-refractivity contribution in [1.29, 1.82) is 0 Å². The predicted octanol–water partition coefficient (Wildman–Crippen LogP) is 3.00. The molecule has 0 unspecified atom stereocenters. The lowest BCUT2D eigenvalue weighted by Gasteiger charge is -2.37. The highest BCUT2D eigenvalue weighted by molar-refractivity contribution is 4.77. The second kappa shape index (κ2) is 8.35. The molecule has 3 nitrogen and oxygen atoms in total. The molecule has 0 bridgehead atoms. The van der Waals surface area contributed by atoms with E-state index in [4.69, 9.17) is 4.74 Å². The lowest BCUT2D eigenvalue weighted by molar-refractivity contribution is -0.0656. The van der Waals surface area contributed by atoms with Crippen molar-refractivity contribution in [3.05, 3.63) is 0 Å². The van der Waals surface area contributed by atoms with Crippen LogP contribution in [0.15, 0.2) is 0 Å². The Labute approximate surface area is 125 Å². The van der Waals surface area contributed by atoms with Gasteiger partial charge in [0, 0.05) is 32.7 Å². The topological polar surface area (TPSA) is 15.7 Å². The summed E-state index contributed by atoms with van der Waals surface area (Å²) in [6.45, 7) is 14.4. The van der Waals surface area contributed by atoms with Gasteiger partial charge in [-0.1, -0.05) is 20.8 Å². The van der Waals surface area contributed by atoms with Crippen LogP contribution in [-0.2, 0) is 4.74 Å². The van der Waals surface area contributed by atoms with E-state index in [9.17, 15) is 0 Å². The molecular weight excluding hydrogens is 248 g/mol. The number of rotatable bonds is 6. The molecule has 0 spiro atoms. The summed E-state index contributed by atoms with van der Waals surface area (Å²) in [7, 11) is 0. The first-order valence-corrected chi connectivity index (χ1v) is 8.77. The summed E-state index contributed by atoms with van der Waals surface area (Å²) in [5.74, 6) is 0.787. The van der Waals surface area contributed by atoms with Crippen LogP contribution in [-0.4, -0.2) is 61.3 Å². The molecule has 2 aliphatic heterocycles. The van der Waals surface area contributed by atoms with Gasteiger partial charge in [0.25, 0.3) is 0 Å². The first kappa shape index (κ1) is 16.3. The minimum absolute atomic E-state index is 0.529. The van der Waals surface area contributed by atoms with Crippen LogP contribution < -0.4 is 0 Å². The Hall–Kier alpha value is -0.120. The van der Waals surface area contributed by atoms with Gasteiger partial charge in [-0.25, -0.2) is 0 Å². The third-order valence-corrected chi connectivity index (χ3v) is 4.62. The Kier molecular flexibility index (Phi) is 6.79. The van der Waals surface area contributed by atoms with Crippen LogP contribution in [0.2, 0.25) is 0 Å². The third-order valence-electron chi connectivity index (χ3n) is 4.62. The highest BCUT2D eigenvalue weighted by Crippen LogP contribution is 2.21. The van der Waals surface area contributed by atoms with Crippen molar-refractivity contribution in [2.75, 3.05) is 39.3 Å². The lowest BCUT2D eigenvalue weighted by atomic mass is 10.0. The molecule has 0 radical (unpaired) electrons. The maximum Gasteiger partial charge on any atom is 0.0603 e. The summed E-state index contributed by atoms with van der Waals surface area (Å²) >= 11 is 0. The van der Waals surface area contributed by atoms with E-state index in [1.807, 2.05) is 0 Å². The minimum atomic E-state index is 0.529. The molecule has 0 atom stereocenters. The van der Waals surface area contributed by atoms with E-state index in [1.165, 1.54) is 71.4 Å². The van der Waals surface area contributed by atoms with Gasteiger partial charge in [-0.2, -0.15) is 0 Å². The Morgan fingerprint density at radius 1 is 0.900 bits per heavy atom. The largest absolute Gasteiger partial charge is 0.375 e. The summed E-state index contributed by atoms with van der Waals surface area (Å²) in [5.41, 5.74) is 0. The zero-order chi connectivity index (χ0) is 14.4. The van der Waals surface area contributed by atoms with E-state index in [2.05, 4.69) is 30.6 Å². The quantitative estimate of drug-likeness (QED) is 0.745. The molecule has 118 valence electrons. The minimum Gasteiger partial charge on any atom is -0.375 e. The van der Waals surface area contributed by atoms with Crippen molar-refractivity contribution in [3.63, 3.8) is 0 Å². The Morgan fingerprint density at radius 2 is 1.40 bits per heavy atom. The SMILES string of the molecule is CCCN1CCC(OC2CCN(CC(C)C)CC2)CC1. The van der Waals surface area contributed by atoms with Crippen LogP contribution >= 0.6 is 0 Å². The summed E-state index contributed by atoms with van der Waals surface area (Å²) in [4.78, 5) is 5.19. The molecule has 0 amide bonds. The number of hydrogen-bond donors (Lipinski definition) is 0. The van der Waals surface area contributed by atoms with Gasteiger partial charge >= 0.3 is 0 Å². The van der Waals surface area contributed by atoms with Gasteiger partial charge in [0.05, 0.1) is 12.2 Å². The number of piperidine rings is 2. The molecule has 3 heteroatoms. The number of ether oxygens (including phenoxy) is 1. The molecule has 2 saturated heterocycles. The molecular formula is C17H34N2O. The van der Waals surface area contributed by atoms with E-state index in [1.54, 1.807) is 0 Å². The predicted molar refractivity (Wildman–Crippen MR) is 85.1 cm³/mol.